The number of halogens is 1. The monoisotopic (exact) mass is 401 g/mol. The van der Waals surface area contributed by atoms with Gasteiger partial charge >= 0.3 is 0 Å². The summed E-state index contributed by atoms with van der Waals surface area (Å²) in [5, 5.41) is 6.68. The van der Waals surface area contributed by atoms with E-state index in [1.54, 1.807) is 24.9 Å². The lowest BCUT2D eigenvalue weighted by Gasteiger charge is -2.18. The van der Waals surface area contributed by atoms with E-state index < -0.39 is 0 Å². The third kappa shape index (κ3) is 5.61. The molecule has 1 aromatic carbocycles. The van der Waals surface area contributed by atoms with Gasteiger partial charge in [0.05, 0.1) is 0 Å². The van der Waals surface area contributed by atoms with E-state index in [4.69, 9.17) is 0 Å². The van der Waals surface area contributed by atoms with Crippen molar-refractivity contribution in [2.45, 2.75) is 31.7 Å². The first-order valence-corrected chi connectivity index (χ1v) is 11.0. The molecule has 1 fully saturated rings. The summed E-state index contributed by atoms with van der Waals surface area (Å²) in [4.78, 5) is 11.1. The molecule has 0 saturated carbocycles. The molecule has 0 amide bonds. The molecule has 0 unspecified atom stereocenters. The Balaban J connectivity index is 1.56. The maximum absolute atomic E-state index is 13.5. The second kappa shape index (κ2) is 10.3. The van der Waals surface area contributed by atoms with E-state index in [2.05, 4.69) is 31.6 Å². The van der Waals surface area contributed by atoms with Crippen LogP contribution in [0, 0.1) is 5.82 Å². The summed E-state index contributed by atoms with van der Waals surface area (Å²) in [5.41, 5.74) is 3.27. The average Bonchev–Trinajstić information content (AvgIpc) is 3.25. The van der Waals surface area contributed by atoms with Crippen molar-refractivity contribution >= 4 is 23.5 Å². The molecule has 0 bridgehead atoms. The fraction of sp³-hybridized carbons (Fsp3) is 0.429. The Hall–Kier alpha value is -2.28. The highest BCUT2D eigenvalue weighted by Crippen LogP contribution is 2.19. The standard InChI is InChI=1S/C21H28FN5S/c1-23-21(26-14-17-5-6-19(22)12-18(17)15-28-2)25-13-16-7-8-24-20(11-16)27-9-3-4-10-27/h5-8,11-12H,3-4,9-10,13-15H2,1-2H3,(H2,23,25,26). The van der Waals surface area contributed by atoms with Gasteiger partial charge in [-0.3, -0.25) is 4.99 Å². The minimum Gasteiger partial charge on any atom is -0.357 e. The third-order valence-corrected chi connectivity index (χ3v) is 5.44. The smallest absolute Gasteiger partial charge is 0.191 e. The van der Waals surface area contributed by atoms with Gasteiger partial charge in [0.1, 0.15) is 11.6 Å². The highest BCUT2D eigenvalue weighted by atomic mass is 32.2. The van der Waals surface area contributed by atoms with Gasteiger partial charge < -0.3 is 15.5 Å². The zero-order valence-corrected chi connectivity index (χ0v) is 17.4. The average molecular weight is 402 g/mol. The summed E-state index contributed by atoms with van der Waals surface area (Å²) in [6, 6.07) is 9.12. The fourth-order valence-electron chi connectivity index (χ4n) is 3.33. The Morgan fingerprint density at radius 1 is 1.14 bits per heavy atom. The molecule has 28 heavy (non-hydrogen) atoms. The number of nitrogens with zero attached hydrogens (tertiary/aromatic N) is 3. The van der Waals surface area contributed by atoms with Crippen molar-refractivity contribution in [3.8, 4) is 0 Å². The van der Waals surface area contributed by atoms with E-state index in [9.17, 15) is 4.39 Å². The lowest BCUT2D eigenvalue weighted by molar-refractivity contribution is 0.625. The van der Waals surface area contributed by atoms with E-state index in [0.717, 1.165) is 41.7 Å². The molecule has 2 N–H and O–H groups in total. The highest BCUT2D eigenvalue weighted by molar-refractivity contribution is 7.97. The second-order valence-electron chi connectivity index (χ2n) is 6.84. The number of nitrogens with one attached hydrogen (secondary N) is 2. The first-order valence-electron chi connectivity index (χ1n) is 9.60. The number of guanidine groups is 1. The number of benzene rings is 1. The van der Waals surface area contributed by atoms with E-state index >= 15 is 0 Å². The lowest BCUT2D eigenvalue weighted by Crippen LogP contribution is -2.36. The first kappa shape index (κ1) is 20.5. The van der Waals surface area contributed by atoms with Gasteiger partial charge in [0.15, 0.2) is 5.96 Å². The quantitative estimate of drug-likeness (QED) is 0.549. The number of aliphatic imine (C=N–C) groups is 1. The van der Waals surface area contributed by atoms with Gasteiger partial charge in [0.25, 0.3) is 0 Å². The topological polar surface area (TPSA) is 52.6 Å². The van der Waals surface area contributed by atoms with Gasteiger partial charge in [-0.2, -0.15) is 11.8 Å². The molecule has 150 valence electrons. The van der Waals surface area contributed by atoms with Crippen molar-refractivity contribution in [3.63, 3.8) is 0 Å². The number of thioether (sulfide) groups is 1. The van der Waals surface area contributed by atoms with Crippen molar-refractivity contribution in [1.29, 1.82) is 0 Å². The molecule has 0 spiro atoms. The van der Waals surface area contributed by atoms with Crippen LogP contribution in [-0.4, -0.2) is 37.3 Å². The van der Waals surface area contributed by atoms with E-state index in [-0.39, 0.29) is 5.82 Å². The maximum Gasteiger partial charge on any atom is 0.191 e. The zero-order valence-electron chi connectivity index (χ0n) is 16.5. The number of aromatic nitrogens is 1. The van der Waals surface area contributed by atoms with Crippen LogP contribution < -0.4 is 15.5 Å². The predicted molar refractivity (Wildman–Crippen MR) is 116 cm³/mol. The fourth-order valence-corrected chi connectivity index (χ4v) is 3.91. The molecular weight excluding hydrogens is 373 g/mol. The van der Waals surface area contributed by atoms with Crippen molar-refractivity contribution < 1.29 is 4.39 Å². The Labute approximate surface area is 170 Å². The van der Waals surface area contributed by atoms with Crippen LogP contribution in [0.5, 0.6) is 0 Å². The summed E-state index contributed by atoms with van der Waals surface area (Å²) in [6.45, 7) is 3.45. The van der Waals surface area contributed by atoms with Gasteiger partial charge in [0.2, 0.25) is 0 Å². The van der Waals surface area contributed by atoms with Crippen LogP contribution in [0.1, 0.15) is 29.5 Å². The number of rotatable bonds is 7. The van der Waals surface area contributed by atoms with E-state index in [0.29, 0.717) is 13.1 Å². The summed E-state index contributed by atoms with van der Waals surface area (Å²) in [5.74, 6) is 2.37. The normalized spacial score (nSPS) is 14.4. The van der Waals surface area contributed by atoms with Gasteiger partial charge in [-0.15, -0.1) is 0 Å². The summed E-state index contributed by atoms with van der Waals surface area (Å²) in [6.07, 6.45) is 6.37. The Morgan fingerprint density at radius 3 is 2.68 bits per heavy atom. The third-order valence-electron chi connectivity index (χ3n) is 4.84. The zero-order chi connectivity index (χ0) is 19.8. The largest absolute Gasteiger partial charge is 0.357 e. The molecule has 1 aromatic heterocycles. The minimum absolute atomic E-state index is 0.193. The molecule has 7 heteroatoms. The van der Waals surface area contributed by atoms with Gasteiger partial charge in [-0.25, -0.2) is 9.37 Å². The number of hydrogen-bond acceptors (Lipinski definition) is 4. The van der Waals surface area contributed by atoms with Crippen LogP contribution in [0.4, 0.5) is 10.2 Å². The summed E-state index contributed by atoms with van der Waals surface area (Å²) in [7, 11) is 1.75. The Bertz CT molecular complexity index is 805. The Morgan fingerprint density at radius 2 is 1.93 bits per heavy atom. The molecule has 0 radical (unpaired) electrons. The Kier molecular flexibility index (Phi) is 7.54. The first-order chi connectivity index (χ1) is 13.7. The highest BCUT2D eigenvalue weighted by Gasteiger charge is 2.13. The van der Waals surface area contributed by atoms with Gasteiger partial charge in [-0.05, 0) is 60.1 Å². The van der Waals surface area contributed by atoms with Crippen LogP contribution in [-0.2, 0) is 18.8 Å². The van der Waals surface area contributed by atoms with E-state index in [1.807, 2.05) is 24.6 Å². The molecule has 0 atom stereocenters. The minimum atomic E-state index is -0.193. The van der Waals surface area contributed by atoms with Crippen LogP contribution in [0.3, 0.4) is 0 Å². The van der Waals surface area contributed by atoms with Crippen LogP contribution in [0.15, 0.2) is 41.5 Å². The predicted octanol–water partition coefficient (Wildman–Crippen LogP) is 3.55. The molecule has 2 aromatic rings. The summed E-state index contributed by atoms with van der Waals surface area (Å²) >= 11 is 1.69. The summed E-state index contributed by atoms with van der Waals surface area (Å²) < 4.78 is 13.5. The van der Waals surface area contributed by atoms with Crippen LogP contribution in [0.25, 0.3) is 0 Å². The molecule has 2 heterocycles. The van der Waals surface area contributed by atoms with Crippen molar-refractivity contribution in [1.82, 2.24) is 15.6 Å². The molecule has 1 saturated heterocycles. The molecular formula is C21H28FN5S. The molecule has 5 nitrogen and oxygen atoms in total. The van der Waals surface area contributed by atoms with Gasteiger partial charge in [0, 0.05) is 45.2 Å². The van der Waals surface area contributed by atoms with E-state index in [1.165, 1.54) is 24.5 Å². The number of pyridine rings is 1. The van der Waals surface area contributed by atoms with Crippen molar-refractivity contribution in [2.24, 2.45) is 4.99 Å². The second-order valence-corrected chi connectivity index (χ2v) is 7.71. The van der Waals surface area contributed by atoms with Gasteiger partial charge in [-0.1, -0.05) is 6.07 Å². The SMILES string of the molecule is CN=C(NCc1ccnc(N2CCCC2)c1)NCc1ccc(F)cc1CSC. The van der Waals surface area contributed by atoms with Crippen LogP contribution in [0.2, 0.25) is 0 Å². The lowest BCUT2D eigenvalue weighted by atomic mass is 10.1. The molecule has 3 rings (SSSR count). The molecule has 1 aliphatic heterocycles. The number of anilines is 1. The number of hydrogen-bond donors (Lipinski definition) is 2. The molecule has 1 aliphatic rings. The van der Waals surface area contributed by atoms with Crippen molar-refractivity contribution in [3.05, 3.63) is 59.0 Å². The molecule has 0 aliphatic carbocycles. The van der Waals surface area contributed by atoms with Crippen LogP contribution >= 0.6 is 11.8 Å². The maximum atomic E-state index is 13.5. The van der Waals surface area contributed by atoms with Crippen molar-refractivity contribution in [2.75, 3.05) is 31.3 Å².